The van der Waals surface area contributed by atoms with Crippen LogP contribution in [0.2, 0.25) is 0 Å². The number of fused-ring (bicyclic) bond motifs is 1. The second-order valence-electron chi connectivity index (χ2n) is 4.50. The molecule has 2 rings (SSSR count). The number of benzene rings is 1. The Morgan fingerprint density at radius 1 is 1.28 bits per heavy atom. The monoisotopic (exact) mass is 250 g/mol. The van der Waals surface area contributed by atoms with Crippen LogP contribution in [0.25, 0.3) is 0 Å². The molecule has 0 aliphatic carbocycles. The normalized spacial score (nSPS) is 15.3. The van der Waals surface area contributed by atoms with Gasteiger partial charge in [0.05, 0.1) is 5.92 Å². The number of ether oxygens (including phenoxy) is 2. The first-order chi connectivity index (χ1) is 8.58. The number of hydrazine groups is 1. The highest BCUT2D eigenvalue weighted by Gasteiger charge is 2.19. The zero-order valence-electron chi connectivity index (χ0n) is 10.9. The third-order valence-corrected chi connectivity index (χ3v) is 2.79. The number of amides is 1. The minimum Gasteiger partial charge on any atom is -0.486 e. The Morgan fingerprint density at radius 2 is 1.94 bits per heavy atom. The predicted octanol–water partition coefficient (Wildman–Crippen LogP) is 1.15. The van der Waals surface area contributed by atoms with E-state index in [2.05, 4.69) is 5.43 Å². The van der Waals surface area contributed by atoms with Crippen LogP contribution in [0.1, 0.15) is 18.4 Å². The molecule has 1 aliphatic heterocycles. The van der Waals surface area contributed by atoms with Crippen LogP contribution in [0.5, 0.6) is 11.5 Å². The third-order valence-electron chi connectivity index (χ3n) is 2.79. The lowest BCUT2D eigenvalue weighted by molar-refractivity contribution is -0.125. The van der Waals surface area contributed by atoms with Gasteiger partial charge in [0.1, 0.15) is 13.2 Å². The van der Waals surface area contributed by atoms with Gasteiger partial charge in [-0.25, -0.2) is 5.01 Å². The predicted molar refractivity (Wildman–Crippen MR) is 67.7 cm³/mol. The zero-order chi connectivity index (χ0) is 13.1. The van der Waals surface area contributed by atoms with E-state index in [9.17, 15) is 4.79 Å². The molecular weight excluding hydrogens is 232 g/mol. The Hall–Kier alpha value is -1.75. The summed E-state index contributed by atoms with van der Waals surface area (Å²) < 4.78 is 11.0. The standard InChI is InChI=1S/C13H18N2O3/c1-9(13(16)14-15(2)3)10-4-5-11-12(8-10)18-7-6-17-11/h4-5,8-9H,6-7H2,1-3H3,(H,14,16). The molecule has 98 valence electrons. The Morgan fingerprint density at radius 3 is 2.61 bits per heavy atom. The Bertz CT molecular complexity index is 446. The molecule has 1 aromatic rings. The molecule has 1 aliphatic rings. The molecule has 5 nitrogen and oxygen atoms in total. The molecule has 0 saturated heterocycles. The van der Waals surface area contributed by atoms with Crippen molar-refractivity contribution in [1.82, 2.24) is 10.4 Å². The lowest BCUT2D eigenvalue weighted by Crippen LogP contribution is -2.38. The van der Waals surface area contributed by atoms with Crippen molar-refractivity contribution < 1.29 is 14.3 Å². The summed E-state index contributed by atoms with van der Waals surface area (Å²) in [6, 6.07) is 5.62. The SMILES string of the molecule is CC(C(=O)NN(C)C)c1ccc2c(c1)OCCO2. The van der Waals surface area contributed by atoms with Gasteiger partial charge in [-0.2, -0.15) is 0 Å². The molecule has 0 radical (unpaired) electrons. The largest absolute Gasteiger partial charge is 0.486 e. The summed E-state index contributed by atoms with van der Waals surface area (Å²) in [5.74, 6) is 1.17. The summed E-state index contributed by atoms with van der Waals surface area (Å²) >= 11 is 0. The van der Waals surface area contributed by atoms with Gasteiger partial charge in [0.2, 0.25) is 5.91 Å². The number of nitrogens with one attached hydrogen (secondary N) is 1. The number of hydrogen-bond donors (Lipinski definition) is 1. The summed E-state index contributed by atoms with van der Waals surface area (Å²) in [6.07, 6.45) is 0. The molecular formula is C13H18N2O3. The van der Waals surface area contributed by atoms with Gasteiger partial charge in [-0.15, -0.1) is 0 Å². The number of nitrogens with zero attached hydrogens (tertiary/aromatic N) is 1. The molecule has 0 saturated carbocycles. The topological polar surface area (TPSA) is 50.8 Å². The molecule has 1 N–H and O–H groups in total. The quantitative estimate of drug-likeness (QED) is 0.818. The van der Waals surface area contributed by atoms with Crippen molar-refractivity contribution in [2.45, 2.75) is 12.8 Å². The lowest BCUT2D eigenvalue weighted by Gasteiger charge is -2.21. The maximum atomic E-state index is 11.9. The molecule has 0 aromatic heterocycles. The van der Waals surface area contributed by atoms with Gasteiger partial charge < -0.3 is 9.47 Å². The van der Waals surface area contributed by atoms with Gasteiger partial charge in [-0.05, 0) is 24.6 Å². The fraction of sp³-hybridized carbons (Fsp3) is 0.462. The van der Waals surface area contributed by atoms with Gasteiger partial charge in [0.25, 0.3) is 0 Å². The number of carbonyl (C=O) groups excluding carboxylic acids is 1. The van der Waals surface area contributed by atoms with Crippen LogP contribution in [-0.4, -0.2) is 38.2 Å². The summed E-state index contributed by atoms with van der Waals surface area (Å²) in [5.41, 5.74) is 3.66. The summed E-state index contributed by atoms with van der Waals surface area (Å²) in [6.45, 7) is 2.99. The fourth-order valence-corrected chi connectivity index (χ4v) is 1.80. The van der Waals surface area contributed by atoms with Crippen LogP contribution in [0.4, 0.5) is 0 Å². The maximum absolute atomic E-state index is 11.9. The highest BCUT2D eigenvalue weighted by molar-refractivity contribution is 5.83. The van der Waals surface area contributed by atoms with E-state index in [0.29, 0.717) is 19.0 Å². The Kier molecular flexibility index (Phi) is 3.72. The first kappa shape index (κ1) is 12.7. The molecule has 1 amide bonds. The molecule has 0 bridgehead atoms. The molecule has 1 heterocycles. The molecule has 18 heavy (non-hydrogen) atoms. The van der Waals surface area contributed by atoms with Crippen LogP contribution < -0.4 is 14.9 Å². The van der Waals surface area contributed by atoms with E-state index in [0.717, 1.165) is 11.3 Å². The minimum atomic E-state index is -0.233. The molecule has 0 spiro atoms. The van der Waals surface area contributed by atoms with Gasteiger partial charge >= 0.3 is 0 Å². The van der Waals surface area contributed by atoms with Crippen molar-refractivity contribution in [1.29, 1.82) is 0 Å². The molecule has 0 fully saturated rings. The van der Waals surface area contributed by atoms with Crippen molar-refractivity contribution in [2.75, 3.05) is 27.3 Å². The zero-order valence-corrected chi connectivity index (χ0v) is 10.9. The van der Waals surface area contributed by atoms with E-state index in [1.807, 2.05) is 25.1 Å². The number of carbonyl (C=O) groups is 1. The smallest absolute Gasteiger partial charge is 0.241 e. The Balaban J connectivity index is 2.15. The molecule has 5 heteroatoms. The van der Waals surface area contributed by atoms with Crippen LogP contribution in [-0.2, 0) is 4.79 Å². The van der Waals surface area contributed by atoms with Crippen molar-refractivity contribution in [3.05, 3.63) is 23.8 Å². The maximum Gasteiger partial charge on any atom is 0.241 e. The van der Waals surface area contributed by atoms with E-state index in [1.165, 1.54) is 0 Å². The van der Waals surface area contributed by atoms with Crippen LogP contribution >= 0.6 is 0 Å². The first-order valence-corrected chi connectivity index (χ1v) is 5.95. The van der Waals surface area contributed by atoms with Gasteiger partial charge in [-0.1, -0.05) is 6.07 Å². The van der Waals surface area contributed by atoms with E-state index in [-0.39, 0.29) is 11.8 Å². The summed E-state index contributed by atoms with van der Waals surface area (Å²) in [7, 11) is 3.57. The van der Waals surface area contributed by atoms with E-state index >= 15 is 0 Å². The average molecular weight is 250 g/mol. The second-order valence-corrected chi connectivity index (χ2v) is 4.50. The Labute approximate surface area is 107 Å². The van der Waals surface area contributed by atoms with E-state index < -0.39 is 0 Å². The molecule has 1 aromatic carbocycles. The lowest BCUT2D eigenvalue weighted by atomic mass is 10.00. The molecule has 1 atom stereocenters. The summed E-state index contributed by atoms with van der Waals surface area (Å²) in [5, 5.41) is 1.64. The van der Waals surface area contributed by atoms with Gasteiger partial charge in [-0.3, -0.25) is 10.2 Å². The van der Waals surface area contributed by atoms with Crippen LogP contribution in [0, 0.1) is 0 Å². The van der Waals surface area contributed by atoms with Crippen LogP contribution in [0.15, 0.2) is 18.2 Å². The highest BCUT2D eigenvalue weighted by Crippen LogP contribution is 2.33. The summed E-state index contributed by atoms with van der Waals surface area (Å²) in [4.78, 5) is 11.9. The fourth-order valence-electron chi connectivity index (χ4n) is 1.80. The van der Waals surface area contributed by atoms with E-state index in [4.69, 9.17) is 9.47 Å². The van der Waals surface area contributed by atoms with Gasteiger partial charge in [0, 0.05) is 14.1 Å². The molecule has 1 unspecified atom stereocenters. The second kappa shape index (κ2) is 5.27. The van der Waals surface area contributed by atoms with Crippen molar-refractivity contribution in [3.8, 4) is 11.5 Å². The number of hydrogen-bond acceptors (Lipinski definition) is 4. The third kappa shape index (κ3) is 2.73. The van der Waals surface area contributed by atoms with Crippen molar-refractivity contribution in [3.63, 3.8) is 0 Å². The van der Waals surface area contributed by atoms with Crippen molar-refractivity contribution >= 4 is 5.91 Å². The minimum absolute atomic E-state index is 0.0447. The first-order valence-electron chi connectivity index (χ1n) is 5.95. The van der Waals surface area contributed by atoms with E-state index in [1.54, 1.807) is 19.1 Å². The average Bonchev–Trinajstić information content (AvgIpc) is 2.36. The van der Waals surface area contributed by atoms with Gasteiger partial charge in [0.15, 0.2) is 11.5 Å². The van der Waals surface area contributed by atoms with Crippen LogP contribution in [0.3, 0.4) is 0 Å². The number of rotatable bonds is 3. The highest BCUT2D eigenvalue weighted by atomic mass is 16.6. The van der Waals surface area contributed by atoms with Crippen molar-refractivity contribution in [2.24, 2.45) is 0 Å².